The Labute approximate surface area is 200 Å². The van der Waals surface area contributed by atoms with Crippen LogP contribution in [0.3, 0.4) is 0 Å². The van der Waals surface area contributed by atoms with Crippen LogP contribution in [-0.4, -0.2) is 38.4 Å². The van der Waals surface area contributed by atoms with Crippen LogP contribution in [0, 0.1) is 23.4 Å². The molecule has 0 aliphatic carbocycles. The zero-order chi connectivity index (χ0) is 25.1. The number of hydrogen-bond acceptors (Lipinski definition) is 5. The molecular formula is C24H21F3N4O3S. The topological polar surface area (TPSA) is 96.6 Å². The number of nitrogens with two attached hydrogens (primary N) is 1. The molecule has 3 heterocycles. The van der Waals surface area contributed by atoms with Crippen LogP contribution in [0.5, 0.6) is 0 Å². The smallest absolute Gasteiger partial charge is 0.241 e. The van der Waals surface area contributed by atoms with Gasteiger partial charge in [0.15, 0.2) is 0 Å². The predicted molar refractivity (Wildman–Crippen MR) is 124 cm³/mol. The molecule has 3 aromatic rings. The number of nitrogens with zero attached hydrogens (tertiary/aromatic N) is 3. The normalized spacial score (nSPS) is 17.9. The van der Waals surface area contributed by atoms with E-state index in [1.165, 1.54) is 35.5 Å². The molecule has 0 saturated carbocycles. The number of aromatic nitrogens is 1. The minimum Gasteiger partial charge on any atom is -0.367 e. The van der Waals surface area contributed by atoms with Gasteiger partial charge >= 0.3 is 0 Å². The lowest BCUT2D eigenvalue weighted by Crippen LogP contribution is -2.56. The Hall–Kier alpha value is -3.44. The highest BCUT2D eigenvalue weighted by atomic mass is 32.2. The summed E-state index contributed by atoms with van der Waals surface area (Å²) < 4.78 is 66.6. The fraction of sp³-hybridized carbons (Fsp3) is 0.250. The zero-order valence-electron chi connectivity index (χ0n) is 18.6. The highest BCUT2D eigenvalue weighted by Gasteiger charge is 2.41. The largest absolute Gasteiger partial charge is 0.367 e. The van der Waals surface area contributed by atoms with Gasteiger partial charge in [0.2, 0.25) is 15.9 Å². The van der Waals surface area contributed by atoms with Crippen molar-refractivity contribution in [2.45, 2.75) is 24.3 Å². The van der Waals surface area contributed by atoms with Crippen molar-refractivity contribution in [3.05, 3.63) is 71.8 Å². The van der Waals surface area contributed by atoms with E-state index in [4.69, 9.17) is 5.14 Å². The molecule has 2 aliphatic heterocycles. The quantitative estimate of drug-likeness (QED) is 0.591. The van der Waals surface area contributed by atoms with Crippen LogP contribution in [0.15, 0.2) is 53.7 Å². The van der Waals surface area contributed by atoms with Gasteiger partial charge in [-0.25, -0.2) is 26.7 Å². The molecular weight excluding hydrogens is 481 g/mol. The third-order valence-corrected chi connectivity index (χ3v) is 7.42. The van der Waals surface area contributed by atoms with E-state index in [0.717, 1.165) is 12.1 Å². The number of rotatable bonds is 4. The van der Waals surface area contributed by atoms with E-state index in [9.17, 15) is 26.4 Å². The average Bonchev–Trinajstić information content (AvgIpc) is 3.07. The predicted octanol–water partition coefficient (Wildman–Crippen LogP) is 3.23. The molecule has 2 aliphatic rings. The maximum absolute atomic E-state index is 14.8. The fourth-order valence-corrected chi connectivity index (χ4v) is 5.33. The van der Waals surface area contributed by atoms with Crippen LogP contribution >= 0.6 is 0 Å². The molecule has 5 rings (SSSR count). The zero-order valence-corrected chi connectivity index (χ0v) is 19.4. The van der Waals surface area contributed by atoms with Crippen LogP contribution in [0.25, 0.3) is 11.1 Å². The Kier molecular flexibility index (Phi) is 5.56. The van der Waals surface area contributed by atoms with Crippen molar-refractivity contribution in [3.63, 3.8) is 0 Å². The van der Waals surface area contributed by atoms with E-state index in [2.05, 4.69) is 4.98 Å². The molecule has 11 heteroatoms. The highest BCUT2D eigenvalue weighted by Crippen LogP contribution is 2.38. The molecule has 0 unspecified atom stereocenters. The van der Waals surface area contributed by atoms with Crippen LogP contribution < -0.4 is 14.9 Å². The number of hydrogen-bond donors (Lipinski definition) is 1. The van der Waals surface area contributed by atoms with Crippen molar-refractivity contribution in [2.24, 2.45) is 11.1 Å². The molecule has 2 N–H and O–H groups in total. The number of carbonyl (C=O) groups is 1. The van der Waals surface area contributed by atoms with E-state index in [1.54, 1.807) is 17.9 Å². The van der Waals surface area contributed by atoms with Crippen LogP contribution in [0.2, 0.25) is 0 Å². The molecule has 0 bridgehead atoms. The Balaban J connectivity index is 1.34. The molecule has 1 aromatic heterocycles. The number of pyridine rings is 1. The van der Waals surface area contributed by atoms with Gasteiger partial charge in [0.05, 0.1) is 11.6 Å². The van der Waals surface area contributed by atoms with Gasteiger partial charge in [0.25, 0.3) is 0 Å². The minimum atomic E-state index is -4.30. The summed E-state index contributed by atoms with van der Waals surface area (Å²) in [6, 6.07) is 7.47. The number of halogens is 3. The lowest BCUT2D eigenvalue weighted by Gasteiger charge is -2.42. The van der Waals surface area contributed by atoms with Crippen LogP contribution in [0.1, 0.15) is 12.5 Å². The summed E-state index contributed by atoms with van der Waals surface area (Å²) in [4.78, 5) is 19.6. The lowest BCUT2D eigenvalue weighted by molar-refractivity contribution is -0.123. The first-order chi connectivity index (χ1) is 16.5. The van der Waals surface area contributed by atoms with E-state index in [1.807, 2.05) is 0 Å². The monoisotopic (exact) mass is 502 g/mol. The first-order valence-corrected chi connectivity index (χ1v) is 12.4. The van der Waals surface area contributed by atoms with Crippen molar-refractivity contribution in [1.82, 2.24) is 4.98 Å². The second kappa shape index (κ2) is 8.35. The summed E-state index contributed by atoms with van der Waals surface area (Å²) in [6.07, 6.45) is 3.01. The second-order valence-corrected chi connectivity index (χ2v) is 10.4. The molecule has 1 saturated heterocycles. The second-order valence-electron chi connectivity index (χ2n) is 8.84. The maximum atomic E-state index is 14.8. The number of benzene rings is 2. The molecule has 1 fully saturated rings. The van der Waals surface area contributed by atoms with Gasteiger partial charge < -0.3 is 9.80 Å². The number of amides is 1. The van der Waals surface area contributed by atoms with E-state index < -0.39 is 38.3 Å². The summed E-state index contributed by atoms with van der Waals surface area (Å²) >= 11 is 0. The Bertz CT molecular complexity index is 1460. The Morgan fingerprint density at radius 1 is 1.03 bits per heavy atom. The molecule has 0 radical (unpaired) electrons. The SMILES string of the molecule is C[C@@H]1Cc2cc(F)c(S(N)(=O)=O)cc2N1C(=O)C1CN(c2ccc(-c3cnccc3F)cc2F)C1. The molecule has 2 aromatic carbocycles. The van der Waals surface area contributed by atoms with Gasteiger partial charge in [-0.05, 0) is 54.8 Å². The summed E-state index contributed by atoms with van der Waals surface area (Å²) in [5, 5.41) is 5.12. The summed E-state index contributed by atoms with van der Waals surface area (Å²) in [5.74, 6) is -2.72. The van der Waals surface area contributed by atoms with Crippen molar-refractivity contribution in [2.75, 3.05) is 22.9 Å². The molecule has 7 nitrogen and oxygen atoms in total. The molecule has 1 amide bonds. The third-order valence-electron chi connectivity index (χ3n) is 6.49. The van der Waals surface area contributed by atoms with Crippen molar-refractivity contribution < 1.29 is 26.4 Å². The molecule has 1 atom stereocenters. The average molecular weight is 503 g/mol. The number of carbonyl (C=O) groups excluding carboxylic acids is 1. The number of primary sulfonamides is 1. The Morgan fingerprint density at radius 3 is 2.43 bits per heavy atom. The summed E-state index contributed by atoms with van der Waals surface area (Å²) in [6.45, 7) is 2.29. The van der Waals surface area contributed by atoms with Crippen molar-refractivity contribution >= 4 is 27.3 Å². The standard InChI is InChI=1S/C24H21F3N4O3S/c1-13-6-15-8-20(27)23(35(28,33)34)9-22(15)31(13)24(32)16-11-30(12-16)21-3-2-14(7-19(21)26)17-10-29-5-4-18(17)25/h2-5,7-10,13,16H,6,11-12H2,1H3,(H2,28,33,34)/t13-/m1/s1. The summed E-state index contributed by atoms with van der Waals surface area (Å²) in [7, 11) is -4.30. The van der Waals surface area contributed by atoms with Gasteiger partial charge in [-0.3, -0.25) is 9.78 Å². The van der Waals surface area contributed by atoms with E-state index in [-0.39, 0.29) is 36.3 Å². The van der Waals surface area contributed by atoms with Gasteiger partial charge in [-0.1, -0.05) is 6.07 Å². The lowest BCUT2D eigenvalue weighted by atomic mass is 9.96. The highest BCUT2D eigenvalue weighted by molar-refractivity contribution is 7.89. The summed E-state index contributed by atoms with van der Waals surface area (Å²) in [5.41, 5.74) is 1.67. The number of fused-ring (bicyclic) bond motifs is 1. The number of anilines is 2. The van der Waals surface area contributed by atoms with E-state index >= 15 is 0 Å². The number of sulfonamides is 1. The first kappa shape index (κ1) is 23.3. The molecule has 182 valence electrons. The maximum Gasteiger partial charge on any atom is 0.241 e. The minimum absolute atomic E-state index is 0.187. The van der Waals surface area contributed by atoms with Crippen LogP contribution in [-0.2, 0) is 21.2 Å². The Morgan fingerprint density at radius 2 is 1.77 bits per heavy atom. The first-order valence-electron chi connectivity index (χ1n) is 10.9. The molecule has 0 spiro atoms. The fourth-order valence-electron chi connectivity index (χ4n) is 4.72. The van der Waals surface area contributed by atoms with E-state index in [0.29, 0.717) is 23.2 Å². The van der Waals surface area contributed by atoms with Gasteiger partial charge in [0, 0.05) is 42.8 Å². The molecule has 35 heavy (non-hydrogen) atoms. The third kappa shape index (κ3) is 4.04. The van der Waals surface area contributed by atoms with Gasteiger partial charge in [0.1, 0.15) is 22.3 Å². The van der Waals surface area contributed by atoms with Crippen molar-refractivity contribution in [1.29, 1.82) is 0 Å². The van der Waals surface area contributed by atoms with Gasteiger partial charge in [-0.2, -0.15) is 0 Å². The van der Waals surface area contributed by atoms with Crippen molar-refractivity contribution in [3.8, 4) is 11.1 Å². The van der Waals surface area contributed by atoms with Crippen LogP contribution in [0.4, 0.5) is 24.5 Å². The van der Waals surface area contributed by atoms with Gasteiger partial charge in [-0.15, -0.1) is 0 Å².